The van der Waals surface area contributed by atoms with Crippen molar-refractivity contribution in [3.63, 3.8) is 0 Å². The molecule has 0 spiro atoms. The summed E-state index contributed by atoms with van der Waals surface area (Å²) in [5.74, 6) is -1.83. The van der Waals surface area contributed by atoms with E-state index in [2.05, 4.69) is 5.32 Å². The highest BCUT2D eigenvalue weighted by molar-refractivity contribution is 5.76. The number of hydrogen-bond acceptors (Lipinski definition) is 1. The molecule has 0 unspecified atom stereocenters. The Kier molecular flexibility index (Phi) is 5.82. The van der Waals surface area contributed by atoms with Crippen LogP contribution in [0, 0.1) is 18.6 Å². The molecule has 3 N–H and O–H groups in total. The van der Waals surface area contributed by atoms with Gasteiger partial charge in [0.2, 0.25) is 0 Å². The molecule has 0 aromatic heterocycles. The zero-order valence-corrected chi connectivity index (χ0v) is 13.3. The minimum absolute atomic E-state index is 0.0947. The number of benzene rings is 2. The van der Waals surface area contributed by atoms with Crippen molar-refractivity contribution >= 4 is 5.91 Å². The second kappa shape index (κ2) is 7.83. The Morgan fingerprint density at radius 3 is 2.61 bits per heavy atom. The van der Waals surface area contributed by atoms with Crippen molar-refractivity contribution in [3.05, 3.63) is 70.8 Å². The van der Waals surface area contributed by atoms with E-state index in [1.807, 2.05) is 38.1 Å². The summed E-state index contributed by atoms with van der Waals surface area (Å²) in [6.07, 6.45) is 0. The molecule has 0 heterocycles. The van der Waals surface area contributed by atoms with E-state index in [0.717, 1.165) is 17.2 Å². The van der Waals surface area contributed by atoms with E-state index in [9.17, 15) is 13.6 Å². The van der Waals surface area contributed by atoms with Gasteiger partial charge < -0.3 is 10.6 Å². The molecule has 0 bridgehead atoms. The average molecular weight is 319 g/mol. The van der Waals surface area contributed by atoms with E-state index >= 15 is 0 Å². The van der Waals surface area contributed by atoms with E-state index in [1.54, 1.807) is 5.32 Å². The minimum Gasteiger partial charge on any atom is -0.347 e. The van der Waals surface area contributed by atoms with Crippen molar-refractivity contribution in [3.8, 4) is 0 Å². The number of aryl methyl sites for hydroxylation is 1. The maximum atomic E-state index is 13.2. The van der Waals surface area contributed by atoms with Gasteiger partial charge in [-0.3, -0.25) is 4.79 Å². The van der Waals surface area contributed by atoms with Crippen LogP contribution in [-0.2, 0) is 11.3 Å². The number of rotatable bonds is 6. The first-order valence-electron chi connectivity index (χ1n) is 7.57. The highest BCUT2D eigenvalue weighted by atomic mass is 19.2. The number of nitrogens with two attached hydrogens (primary N) is 1. The second-order valence-corrected chi connectivity index (χ2v) is 5.61. The summed E-state index contributed by atoms with van der Waals surface area (Å²) in [4.78, 5) is 11.9. The summed E-state index contributed by atoms with van der Waals surface area (Å²) in [6.45, 7) is 4.56. The van der Waals surface area contributed by atoms with Gasteiger partial charge >= 0.3 is 0 Å². The molecule has 122 valence electrons. The second-order valence-electron chi connectivity index (χ2n) is 5.61. The summed E-state index contributed by atoms with van der Waals surface area (Å²) in [6, 6.07) is 11.5. The van der Waals surface area contributed by atoms with Crippen LogP contribution in [0.4, 0.5) is 8.78 Å². The number of carbonyl (C=O) groups excluding carboxylic acids is 1. The molecule has 2 rings (SSSR count). The van der Waals surface area contributed by atoms with Crippen LogP contribution in [0.2, 0.25) is 0 Å². The summed E-state index contributed by atoms with van der Waals surface area (Å²) in [7, 11) is 0. The lowest BCUT2D eigenvalue weighted by Gasteiger charge is -2.12. The Morgan fingerprint density at radius 2 is 1.91 bits per heavy atom. The zero-order chi connectivity index (χ0) is 16.8. The van der Waals surface area contributed by atoms with Gasteiger partial charge in [-0.05, 0) is 43.2 Å². The van der Waals surface area contributed by atoms with Gasteiger partial charge in [0.15, 0.2) is 18.2 Å². The molecular weight excluding hydrogens is 298 g/mol. The van der Waals surface area contributed by atoms with Crippen LogP contribution in [0.1, 0.15) is 29.7 Å². The molecule has 0 saturated carbocycles. The van der Waals surface area contributed by atoms with E-state index in [4.69, 9.17) is 0 Å². The lowest BCUT2D eigenvalue weighted by molar-refractivity contribution is -0.682. The first-order valence-corrected chi connectivity index (χ1v) is 7.57. The molecule has 0 aliphatic rings. The predicted molar refractivity (Wildman–Crippen MR) is 84.6 cm³/mol. The molecule has 3 nitrogen and oxygen atoms in total. The fraction of sp³-hybridized carbons (Fsp3) is 0.278. The summed E-state index contributed by atoms with van der Waals surface area (Å²) >= 11 is 0. The van der Waals surface area contributed by atoms with E-state index in [-0.39, 0.29) is 18.5 Å². The largest absolute Gasteiger partial charge is 0.347 e. The van der Waals surface area contributed by atoms with Crippen LogP contribution in [0.25, 0.3) is 0 Å². The number of quaternary nitrogens is 1. The molecule has 5 heteroatoms. The van der Waals surface area contributed by atoms with Crippen LogP contribution >= 0.6 is 0 Å². The Labute approximate surface area is 134 Å². The topological polar surface area (TPSA) is 45.7 Å². The van der Waals surface area contributed by atoms with Crippen LogP contribution in [0.5, 0.6) is 0 Å². The Hall–Kier alpha value is -2.27. The van der Waals surface area contributed by atoms with Crippen LogP contribution < -0.4 is 10.6 Å². The Bertz CT molecular complexity index is 688. The van der Waals surface area contributed by atoms with Crippen LogP contribution in [-0.4, -0.2) is 12.5 Å². The van der Waals surface area contributed by atoms with Gasteiger partial charge in [0.1, 0.15) is 6.04 Å². The quantitative estimate of drug-likeness (QED) is 0.842. The van der Waals surface area contributed by atoms with Gasteiger partial charge in [-0.25, -0.2) is 8.78 Å². The molecule has 0 aliphatic heterocycles. The summed E-state index contributed by atoms with van der Waals surface area (Å²) < 4.78 is 26.1. The van der Waals surface area contributed by atoms with Gasteiger partial charge in [0.05, 0.1) is 0 Å². The molecule has 0 radical (unpaired) electrons. The zero-order valence-electron chi connectivity index (χ0n) is 13.3. The maximum absolute atomic E-state index is 13.2. The lowest BCUT2D eigenvalue weighted by Crippen LogP contribution is -2.87. The number of carbonyl (C=O) groups is 1. The maximum Gasteiger partial charge on any atom is 0.275 e. The van der Waals surface area contributed by atoms with Crippen molar-refractivity contribution < 1.29 is 18.9 Å². The third-order valence-electron chi connectivity index (χ3n) is 3.86. The van der Waals surface area contributed by atoms with Gasteiger partial charge in [-0.2, -0.15) is 0 Å². The number of halogens is 2. The molecular formula is C18H21F2N2O+. The third-order valence-corrected chi connectivity index (χ3v) is 3.86. The third kappa shape index (κ3) is 4.86. The Balaban J connectivity index is 1.82. The summed E-state index contributed by atoms with van der Waals surface area (Å²) in [5, 5.41) is 4.65. The van der Waals surface area contributed by atoms with Crippen molar-refractivity contribution in [2.24, 2.45) is 0 Å². The van der Waals surface area contributed by atoms with E-state index in [0.29, 0.717) is 12.1 Å². The number of amides is 1. The van der Waals surface area contributed by atoms with Gasteiger partial charge in [-0.15, -0.1) is 0 Å². The predicted octanol–water partition coefficient (Wildman–Crippen LogP) is 2.21. The molecule has 0 aliphatic carbocycles. The average Bonchev–Trinajstić information content (AvgIpc) is 2.54. The van der Waals surface area contributed by atoms with Gasteiger partial charge in [0.25, 0.3) is 5.91 Å². The molecule has 2 aromatic rings. The highest BCUT2D eigenvalue weighted by Crippen LogP contribution is 2.13. The summed E-state index contributed by atoms with van der Waals surface area (Å²) in [5.41, 5.74) is 2.86. The van der Waals surface area contributed by atoms with Crippen molar-refractivity contribution in [1.82, 2.24) is 5.32 Å². The molecule has 23 heavy (non-hydrogen) atoms. The number of nitrogens with one attached hydrogen (secondary N) is 1. The first-order chi connectivity index (χ1) is 11.0. The normalized spacial score (nSPS) is 12.0. The van der Waals surface area contributed by atoms with E-state index in [1.165, 1.54) is 12.1 Å². The number of hydrogen-bond donors (Lipinski definition) is 2. The molecule has 1 atom stereocenters. The Morgan fingerprint density at radius 1 is 1.17 bits per heavy atom. The van der Waals surface area contributed by atoms with Crippen molar-refractivity contribution in [2.45, 2.75) is 26.4 Å². The van der Waals surface area contributed by atoms with Gasteiger partial charge in [-0.1, -0.05) is 24.3 Å². The van der Waals surface area contributed by atoms with Crippen molar-refractivity contribution in [2.75, 3.05) is 6.54 Å². The molecule has 2 aromatic carbocycles. The monoisotopic (exact) mass is 319 g/mol. The smallest absolute Gasteiger partial charge is 0.275 e. The lowest BCUT2D eigenvalue weighted by atomic mass is 10.1. The fourth-order valence-electron chi connectivity index (χ4n) is 2.29. The molecule has 1 amide bonds. The minimum atomic E-state index is -0.869. The first kappa shape index (κ1) is 17.1. The van der Waals surface area contributed by atoms with Crippen LogP contribution in [0.3, 0.4) is 0 Å². The van der Waals surface area contributed by atoms with E-state index < -0.39 is 11.6 Å². The molecule has 0 saturated heterocycles. The SMILES string of the molecule is Cc1ccccc1CNC(=O)C[NH2+][C@H](C)c1ccc(F)c(F)c1. The highest BCUT2D eigenvalue weighted by Gasteiger charge is 2.13. The fourth-order valence-corrected chi connectivity index (χ4v) is 2.29. The standard InChI is InChI=1S/C18H20F2N2O/c1-12-5-3-4-6-15(12)10-22-18(23)11-21-13(2)14-7-8-16(19)17(20)9-14/h3-9,13,21H,10-11H2,1-2H3,(H,22,23)/p+1/t13-/m1/s1. The van der Waals surface area contributed by atoms with Crippen LogP contribution in [0.15, 0.2) is 42.5 Å². The van der Waals surface area contributed by atoms with Gasteiger partial charge in [0, 0.05) is 12.1 Å². The van der Waals surface area contributed by atoms with Crippen molar-refractivity contribution in [1.29, 1.82) is 0 Å². The molecule has 0 fully saturated rings.